The predicted octanol–water partition coefficient (Wildman–Crippen LogP) is 1.32. The third-order valence-corrected chi connectivity index (χ3v) is 6.61. The summed E-state index contributed by atoms with van der Waals surface area (Å²) in [6, 6.07) is 10.7. The fraction of sp³-hybridized carbons (Fsp3) is 0.333. The lowest BCUT2D eigenvalue weighted by Crippen LogP contribution is -2.54. The van der Waals surface area contributed by atoms with Crippen LogP contribution in [-0.4, -0.2) is 34.6 Å². The average Bonchev–Trinajstić information content (AvgIpc) is 3.31. The van der Waals surface area contributed by atoms with Crippen molar-refractivity contribution in [3.63, 3.8) is 0 Å². The standard InChI is InChI=1S/C24H24N4O4/c25-11-13-4-6-16-14(10-13)5-7-18(16)26-12-15-2-1-3-17-21(15)24(32)28(23(17)31)19-8-9-20(29)27-22(19)30/h1-4,6,10,18-19,26H,5,7-9,11-12,25H2,(H,27,29,30). The molecule has 4 amide bonds. The normalized spacial score (nSPS) is 22.2. The van der Waals surface area contributed by atoms with Gasteiger partial charge in [-0.1, -0.05) is 30.3 Å². The van der Waals surface area contributed by atoms with Gasteiger partial charge in [-0.15, -0.1) is 0 Å². The lowest BCUT2D eigenvalue weighted by atomic mass is 10.0. The van der Waals surface area contributed by atoms with Crippen LogP contribution in [0.1, 0.15) is 68.3 Å². The second kappa shape index (κ2) is 7.96. The Labute approximate surface area is 185 Å². The highest BCUT2D eigenvalue weighted by Crippen LogP contribution is 2.33. The Morgan fingerprint density at radius 1 is 1.03 bits per heavy atom. The number of amides is 4. The zero-order valence-electron chi connectivity index (χ0n) is 17.5. The van der Waals surface area contributed by atoms with Crippen molar-refractivity contribution in [1.29, 1.82) is 0 Å². The summed E-state index contributed by atoms with van der Waals surface area (Å²) in [5, 5.41) is 5.75. The monoisotopic (exact) mass is 432 g/mol. The van der Waals surface area contributed by atoms with Crippen LogP contribution in [0, 0.1) is 0 Å². The van der Waals surface area contributed by atoms with E-state index in [1.807, 2.05) is 12.1 Å². The molecule has 8 heteroatoms. The molecule has 2 aromatic rings. The van der Waals surface area contributed by atoms with Crippen LogP contribution in [0.5, 0.6) is 0 Å². The molecule has 32 heavy (non-hydrogen) atoms. The topological polar surface area (TPSA) is 122 Å². The van der Waals surface area contributed by atoms with Gasteiger partial charge in [0.25, 0.3) is 11.8 Å². The van der Waals surface area contributed by atoms with Crippen LogP contribution >= 0.6 is 0 Å². The van der Waals surface area contributed by atoms with Crippen molar-refractivity contribution < 1.29 is 19.2 Å². The zero-order chi connectivity index (χ0) is 22.4. The SMILES string of the molecule is NCc1ccc2c(c1)CCC2NCc1cccc2c1C(=O)N(C1CCC(=O)NC1=O)C2=O. The van der Waals surface area contributed by atoms with Crippen LogP contribution in [0.3, 0.4) is 0 Å². The van der Waals surface area contributed by atoms with Crippen LogP contribution in [0.4, 0.5) is 0 Å². The minimum Gasteiger partial charge on any atom is -0.326 e. The molecule has 0 radical (unpaired) electrons. The lowest BCUT2D eigenvalue weighted by molar-refractivity contribution is -0.136. The van der Waals surface area contributed by atoms with E-state index in [1.54, 1.807) is 12.1 Å². The summed E-state index contributed by atoms with van der Waals surface area (Å²) in [6.07, 6.45) is 2.17. The third-order valence-electron chi connectivity index (χ3n) is 6.61. The first-order valence-electron chi connectivity index (χ1n) is 10.9. The van der Waals surface area contributed by atoms with Crippen molar-refractivity contribution in [2.75, 3.05) is 0 Å². The van der Waals surface area contributed by atoms with Crippen molar-refractivity contribution in [1.82, 2.24) is 15.5 Å². The van der Waals surface area contributed by atoms with Crippen molar-refractivity contribution in [3.8, 4) is 0 Å². The molecule has 8 nitrogen and oxygen atoms in total. The molecule has 2 heterocycles. The van der Waals surface area contributed by atoms with Gasteiger partial charge in [0.05, 0.1) is 11.1 Å². The third kappa shape index (κ3) is 3.32. The fourth-order valence-electron chi connectivity index (χ4n) is 4.98. The van der Waals surface area contributed by atoms with E-state index in [1.165, 1.54) is 11.1 Å². The maximum Gasteiger partial charge on any atom is 0.262 e. The number of hydrogen-bond donors (Lipinski definition) is 3. The van der Waals surface area contributed by atoms with Crippen molar-refractivity contribution in [3.05, 3.63) is 69.8 Å². The number of carbonyl (C=O) groups is 4. The largest absolute Gasteiger partial charge is 0.326 e. The van der Waals surface area contributed by atoms with Crippen molar-refractivity contribution >= 4 is 23.6 Å². The number of rotatable bonds is 5. The highest BCUT2D eigenvalue weighted by atomic mass is 16.2. The van der Waals surface area contributed by atoms with Crippen molar-refractivity contribution in [2.45, 2.75) is 50.9 Å². The molecule has 0 aromatic heterocycles. The molecule has 0 bridgehead atoms. The predicted molar refractivity (Wildman–Crippen MR) is 115 cm³/mol. The Morgan fingerprint density at radius 3 is 2.66 bits per heavy atom. The van der Waals surface area contributed by atoms with Gasteiger partial charge in [-0.3, -0.25) is 29.4 Å². The Morgan fingerprint density at radius 2 is 1.88 bits per heavy atom. The van der Waals surface area contributed by atoms with E-state index in [-0.39, 0.29) is 24.8 Å². The number of imide groups is 2. The van der Waals surface area contributed by atoms with Crippen LogP contribution in [-0.2, 0) is 29.1 Å². The Kier molecular flexibility index (Phi) is 5.11. The van der Waals surface area contributed by atoms with Gasteiger partial charge in [0.1, 0.15) is 6.04 Å². The first-order chi connectivity index (χ1) is 15.5. The number of fused-ring (bicyclic) bond motifs is 2. The van der Waals surface area contributed by atoms with E-state index in [0.29, 0.717) is 24.2 Å². The summed E-state index contributed by atoms with van der Waals surface area (Å²) in [5.41, 5.74) is 10.8. The van der Waals surface area contributed by atoms with E-state index in [9.17, 15) is 19.2 Å². The highest BCUT2D eigenvalue weighted by Gasteiger charge is 2.45. The van der Waals surface area contributed by atoms with Crippen LogP contribution in [0.25, 0.3) is 0 Å². The minimum absolute atomic E-state index is 0.102. The van der Waals surface area contributed by atoms with Gasteiger partial charge in [0.15, 0.2) is 0 Å². The molecular formula is C24H24N4O4. The molecule has 1 aliphatic carbocycles. The summed E-state index contributed by atoms with van der Waals surface area (Å²) in [5.74, 6) is -1.95. The first-order valence-corrected chi connectivity index (χ1v) is 10.9. The molecule has 0 saturated carbocycles. The number of nitrogens with one attached hydrogen (secondary N) is 2. The number of nitrogens with zero attached hydrogens (tertiary/aromatic N) is 1. The number of benzene rings is 2. The maximum absolute atomic E-state index is 13.2. The Hall–Kier alpha value is -3.36. The second-order valence-electron chi connectivity index (χ2n) is 8.50. The highest BCUT2D eigenvalue weighted by molar-refractivity contribution is 6.24. The summed E-state index contributed by atoms with van der Waals surface area (Å²) >= 11 is 0. The molecule has 5 rings (SSSR count). The van der Waals surface area contributed by atoms with Crippen LogP contribution < -0.4 is 16.4 Å². The van der Waals surface area contributed by atoms with Gasteiger partial charge < -0.3 is 11.1 Å². The van der Waals surface area contributed by atoms with Gasteiger partial charge in [-0.05, 0) is 47.6 Å². The molecule has 2 atom stereocenters. The van der Waals surface area contributed by atoms with E-state index in [0.717, 1.165) is 28.9 Å². The molecule has 2 unspecified atom stereocenters. The molecule has 0 spiro atoms. The lowest BCUT2D eigenvalue weighted by Gasteiger charge is -2.27. The number of aryl methyl sites for hydroxylation is 1. The van der Waals surface area contributed by atoms with Gasteiger partial charge in [-0.2, -0.15) is 0 Å². The van der Waals surface area contributed by atoms with Crippen LogP contribution in [0.2, 0.25) is 0 Å². The molecule has 2 aromatic carbocycles. The second-order valence-corrected chi connectivity index (χ2v) is 8.50. The molecule has 3 aliphatic rings. The molecule has 1 saturated heterocycles. The minimum atomic E-state index is -0.959. The number of hydrogen-bond acceptors (Lipinski definition) is 6. The van der Waals surface area contributed by atoms with Gasteiger partial charge >= 0.3 is 0 Å². The Balaban J connectivity index is 1.36. The smallest absolute Gasteiger partial charge is 0.262 e. The fourth-order valence-corrected chi connectivity index (χ4v) is 4.98. The van der Waals surface area contributed by atoms with Crippen molar-refractivity contribution in [2.24, 2.45) is 5.73 Å². The first kappa shape index (κ1) is 20.5. The molecule has 2 aliphatic heterocycles. The average molecular weight is 432 g/mol. The van der Waals surface area contributed by atoms with Gasteiger partial charge in [0, 0.05) is 25.6 Å². The van der Waals surface area contributed by atoms with E-state index < -0.39 is 23.8 Å². The van der Waals surface area contributed by atoms with E-state index in [2.05, 4.69) is 22.8 Å². The summed E-state index contributed by atoms with van der Waals surface area (Å²) < 4.78 is 0. The summed E-state index contributed by atoms with van der Waals surface area (Å²) in [7, 11) is 0. The number of piperidine rings is 1. The molecule has 1 fully saturated rings. The maximum atomic E-state index is 13.2. The van der Waals surface area contributed by atoms with E-state index in [4.69, 9.17) is 5.73 Å². The Bertz CT molecular complexity index is 1160. The summed E-state index contributed by atoms with van der Waals surface area (Å²) in [4.78, 5) is 51.0. The van der Waals surface area contributed by atoms with Gasteiger partial charge in [-0.25, -0.2) is 0 Å². The quantitative estimate of drug-likeness (QED) is 0.613. The zero-order valence-corrected chi connectivity index (χ0v) is 17.5. The van der Waals surface area contributed by atoms with E-state index >= 15 is 0 Å². The van der Waals surface area contributed by atoms with Gasteiger partial charge in [0.2, 0.25) is 11.8 Å². The molecule has 4 N–H and O–H groups in total. The summed E-state index contributed by atoms with van der Waals surface area (Å²) in [6.45, 7) is 0.940. The van der Waals surface area contributed by atoms with Crippen LogP contribution in [0.15, 0.2) is 36.4 Å². The number of nitrogens with two attached hydrogens (primary N) is 1. The number of carbonyl (C=O) groups excluding carboxylic acids is 4. The molecular weight excluding hydrogens is 408 g/mol. The molecule has 164 valence electrons.